The number of hydrogen-bond acceptors (Lipinski definition) is 12. The molecule has 0 aliphatic carbocycles. The van der Waals surface area contributed by atoms with Crippen molar-refractivity contribution in [3.8, 4) is 0 Å². The van der Waals surface area contributed by atoms with E-state index in [0.29, 0.717) is 0 Å². The molecule has 0 aromatic heterocycles. The highest BCUT2D eigenvalue weighted by Gasteiger charge is 2.57. The van der Waals surface area contributed by atoms with E-state index in [-0.39, 0.29) is 0 Å². The summed E-state index contributed by atoms with van der Waals surface area (Å²) >= 11 is 0. The number of halogens is 6. The Labute approximate surface area is 152 Å². The predicted octanol–water partition coefficient (Wildman–Crippen LogP) is 0.556. The summed E-state index contributed by atoms with van der Waals surface area (Å²) in [6, 6.07) is 0. The van der Waals surface area contributed by atoms with Gasteiger partial charge < -0.3 is 4.74 Å². The highest BCUT2D eigenvalue weighted by molar-refractivity contribution is 4.68. The van der Waals surface area contributed by atoms with Crippen molar-refractivity contribution in [3.05, 3.63) is 40.5 Å². The topological polar surface area (TPSA) is 198 Å². The van der Waals surface area contributed by atoms with Crippen LogP contribution in [0.3, 0.4) is 0 Å². The Morgan fingerprint density at radius 3 is 1.41 bits per heavy atom. The molecule has 168 valence electrons. The minimum Gasteiger partial charge on any atom is -0.337 e. The van der Waals surface area contributed by atoms with E-state index in [2.05, 4.69) is 9.47 Å². The van der Waals surface area contributed by atoms with Gasteiger partial charge in [-0.1, -0.05) is 17.9 Å². The molecular weight excluding hydrogens is 442 g/mol. The lowest BCUT2D eigenvalue weighted by molar-refractivity contribution is -0.761. The Hall–Kier alpha value is -2.98. The molecule has 0 aromatic rings. The molecule has 0 saturated carbocycles. The number of hydrogen-bond donors (Lipinski definition) is 0. The van der Waals surface area contributed by atoms with Crippen LogP contribution in [0.4, 0.5) is 26.7 Å². The highest BCUT2D eigenvalue weighted by Crippen LogP contribution is 2.32. The Kier molecular flexibility index (Phi) is 9.45. The van der Waals surface area contributed by atoms with Crippen LogP contribution < -0.4 is 0 Å². The van der Waals surface area contributed by atoms with Gasteiger partial charge in [0.2, 0.25) is 0 Å². The fraction of sp³-hybridized carbons (Fsp3) is 1.00. The van der Waals surface area contributed by atoms with E-state index in [9.17, 15) is 67.2 Å². The van der Waals surface area contributed by atoms with Crippen molar-refractivity contribution >= 4 is 0 Å². The maximum absolute atomic E-state index is 13.6. The van der Waals surface area contributed by atoms with E-state index in [1.54, 1.807) is 0 Å². The molecule has 0 N–H and O–H groups in total. The molecular formula is C7H8F6N6O10. The zero-order chi connectivity index (χ0) is 23.1. The van der Waals surface area contributed by atoms with E-state index in [1.165, 1.54) is 0 Å². The highest BCUT2D eigenvalue weighted by atomic mass is 19.4. The van der Waals surface area contributed by atoms with Crippen LogP contribution in [-0.2, 0) is 9.47 Å². The van der Waals surface area contributed by atoms with Crippen molar-refractivity contribution in [1.82, 2.24) is 10.7 Å². The lowest BCUT2D eigenvalue weighted by atomic mass is 10.3. The summed E-state index contributed by atoms with van der Waals surface area (Å²) in [4.78, 5) is 33.7. The molecule has 29 heavy (non-hydrogen) atoms. The molecule has 0 aromatic carbocycles. The number of alkyl halides is 2. The van der Waals surface area contributed by atoms with Crippen LogP contribution in [0.5, 0.6) is 0 Å². The Morgan fingerprint density at radius 2 is 1.10 bits per heavy atom. The molecule has 16 nitrogen and oxygen atoms in total. The van der Waals surface area contributed by atoms with Gasteiger partial charge in [0.15, 0.2) is 0 Å². The number of nitrogens with zero attached hydrogens (tertiary/aromatic N) is 6. The summed E-state index contributed by atoms with van der Waals surface area (Å²) in [7, 11) is 0. The van der Waals surface area contributed by atoms with Gasteiger partial charge >= 0.3 is 25.0 Å². The molecule has 0 fully saturated rings. The first-order valence-electron chi connectivity index (χ1n) is 6.54. The van der Waals surface area contributed by atoms with E-state index in [0.717, 1.165) is 0 Å². The standard InChI is InChI=1S/C7H8F6N6O10/c8-3(5(14(20)21)15(22)23)28-2-1-7(18(10)11,19(12)13)29-4(9)6(16(24)25)17(26)27/h3-6H,1-2H2. The minimum absolute atomic E-state index is 1.76. The fourth-order valence-corrected chi connectivity index (χ4v) is 1.53. The van der Waals surface area contributed by atoms with Gasteiger partial charge in [-0.3, -0.25) is 45.2 Å². The van der Waals surface area contributed by atoms with E-state index in [1.807, 2.05) is 0 Å². The predicted molar refractivity (Wildman–Crippen MR) is 67.8 cm³/mol. The Balaban J connectivity index is 5.48. The summed E-state index contributed by atoms with van der Waals surface area (Å²) < 4.78 is 85.7. The summed E-state index contributed by atoms with van der Waals surface area (Å²) in [6.45, 7) is -1.76. The van der Waals surface area contributed by atoms with E-state index >= 15 is 0 Å². The zero-order valence-corrected chi connectivity index (χ0v) is 13.3. The number of nitro groups is 4. The third-order valence-corrected chi connectivity index (χ3v) is 2.87. The molecule has 0 spiro atoms. The normalized spacial score (nSPS) is 14.4. The first kappa shape index (κ1) is 26.0. The van der Waals surface area contributed by atoms with E-state index < -0.39 is 74.3 Å². The van der Waals surface area contributed by atoms with Gasteiger partial charge in [-0.05, 0) is 0 Å². The van der Waals surface area contributed by atoms with Crippen molar-refractivity contribution in [2.75, 3.05) is 6.61 Å². The van der Waals surface area contributed by atoms with Crippen LogP contribution in [-0.4, -0.2) is 67.9 Å². The molecule has 2 unspecified atom stereocenters. The Morgan fingerprint density at radius 1 is 0.759 bits per heavy atom. The summed E-state index contributed by atoms with van der Waals surface area (Å²) in [6.07, 6.45) is -16.4. The molecule has 0 radical (unpaired) electrons. The summed E-state index contributed by atoms with van der Waals surface area (Å²) in [5.41, 5.74) is 0. The first-order chi connectivity index (χ1) is 13.2. The van der Waals surface area contributed by atoms with Gasteiger partial charge in [0.1, 0.15) is 19.7 Å². The third-order valence-electron chi connectivity index (χ3n) is 2.87. The lowest BCUT2D eigenvalue weighted by Gasteiger charge is -2.32. The van der Waals surface area contributed by atoms with Crippen molar-refractivity contribution in [2.24, 2.45) is 0 Å². The zero-order valence-electron chi connectivity index (χ0n) is 13.3. The summed E-state index contributed by atoms with van der Waals surface area (Å²) in [5, 5.41) is 36.1. The second-order valence-electron chi connectivity index (χ2n) is 4.62. The van der Waals surface area contributed by atoms with Crippen LogP contribution in [0, 0.1) is 40.5 Å². The second kappa shape index (κ2) is 10.5. The molecule has 22 heteroatoms. The van der Waals surface area contributed by atoms with Crippen LogP contribution in [0.1, 0.15) is 6.42 Å². The quantitative estimate of drug-likeness (QED) is 0.117. The first-order valence-corrected chi connectivity index (χ1v) is 6.54. The molecule has 0 rings (SSSR count). The van der Waals surface area contributed by atoms with Crippen molar-refractivity contribution in [1.29, 1.82) is 0 Å². The van der Waals surface area contributed by atoms with Gasteiger partial charge in [-0.2, -0.15) is 8.78 Å². The largest absolute Gasteiger partial charge is 0.504 e. The smallest absolute Gasteiger partial charge is 0.337 e. The molecule has 0 aliphatic heterocycles. The van der Waals surface area contributed by atoms with Crippen molar-refractivity contribution in [2.45, 2.75) is 37.3 Å². The van der Waals surface area contributed by atoms with Gasteiger partial charge in [0.25, 0.3) is 5.85 Å². The van der Waals surface area contributed by atoms with Gasteiger partial charge in [-0.25, -0.2) is 0 Å². The van der Waals surface area contributed by atoms with Crippen molar-refractivity contribution in [3.63, 3.8) is 0 Å². The van der Waals surface area contributed by atoms with Crippen LogP contribution in [0.2, 0.25) is 0 Å². The maximum Gasteiger partial charge on any atom is 0.504 e. The lowest BCUT2D eigenvalue weighted by Crippen LogP contribution is -2.56. The van der Waals surface area contributed by atoms with Gasteiger partial charge in [0.05, 0.1) is 17.3 Å². The van der Waals surface area contributed by atoms with Gasteiger partial charge in [0, 0.05) is 6.42 Å². The molecule has 0 bridgehead atoms. The molecule has 0 saturated heterocycles. The van der Waals surface area contributed by atoms with Crippen LogP contribution >= 0.6 is 0 Å². The SMILES string of the molecule is O=[N+]([O-])C(C(F)OCCC(OC(F)C([N+](=O)[O-])[N+](=O)[O-])(N(F)F)N(F)F)[N+](=O)[O-]. The average Bonchev–Trinajstić information content (AvgIpc) is 2.51. The maximum atomic E-state index is 13.6. The monoisotopic (exact) mass is 450 g/mol. The average molecular weight is 450 g/mol. The molecule has 0 heterocycles. The van der Waals surface area contributed by atoms with Gasteiger partial charge in [-0.15, -0.1) is 0 Å². The van der Waals surface area contributed by atoms with E-state index in [4.69, 9.17) is 0 Å². The van der Waals surface area contributed by atoms with Crippen LogP contribution in [0.25, 0.3) is 0 Å². The van der Waals surface area contributed by atoms with Crippen LogP contribution in [0.15, 0.2) is 0 Å². The number of ether oxygens (including phenoxy) is 2. The molecule has 2 atom stereocenters. The molecule has 0 amide bonds. The van der Waals surface area contributed by atoms with Crippen molar-refractivity contribution < 1.29 is 55.9 Å². The molecule has 0 aliphatic rings. The minimum atomic E-state index is -4.64. The third kappa shape index (κ3) is 6.54. The fourth-order valence-electron chi connectivity index (χ4n) is 1.53. The second-order valence-corrected chi connectivity index (χ2v) is 4.62. The Bertz CT molecular complexity index is 592. The number of rotatable bonds is 14. The summed E-state index contributed by atoms with van der Waals surface area (Å²) in [5.74, 6) is -4.64.